The summed E-state index contributed by atoms with van der Waals surface area (Å²) < 4.78 is 4.98. The molecule has 0 aromatic rings. The Hall–Kier alpha value is -0.870. The normalized spacial score (nSPS) is 10.5. The highest BCUT2D eigenvalue weighted by atomic mass is 16.5. The van der Waals surface area contributed by atoms with Crippen molar-refractivity contribution < 1.29 is 9.53 Å². The molecule has 0 atom stereocenters. The van der Waals surface area contributed by atoms with Crippen molar-refractivity contribution in [1.29, 1.82) is 0 Å². The molecule has 0 saturated heterocycles. The lowest BCUT2D eigenvalue weighted by Crippen LogP contribution is -2.35. The van der Waals surface area contributed by atoms with E-state index in [0.717, 1.165) is 13.0 Å². The van der Waals surface area contributed by atoms with Crippen LogP contribution in [0, 0.1) is 0 Å². The van der Waals surface area contributed by atoms with Crippen molar-refractivity contribution in [3.05, 3.63) is 12.2 Å². The standard InChI is InChI=1S/C11H22N2O2/c1-10(2)11(14)13(9-15-5)8-6-7-12(3)4/h1,6-9H2,2-5H3. The molecule has 0 radical (unpaired) electrons. The van der Waals surface area contributed by atoms with Gasteiger partial charge in [-0.1, -0.05) is 6.58 Å². The van der Waals surface area contributed by atoms with Gasteiger partial charge >= 0.3 is 0 Å². The van der Waals surface area contributed by atoms with Crippen LogP contribution in [0.5, 0.6) is 0 Å². The maximum atomic E-state index is 11.6. The van der Waals surface area contributed by atoms with Gasteiger partial charge in [0.1, 0.15) is 6.73 Å². The summed E-state index contributed by atoms with van der Waals surface area (Å²) in [6.45, 7) is 7.36. The molecule has 4 nitrogen and oxygen atoms in total. The Labute approximate surface area is 92.5 Å². The summed E-state index contributed by atoms with van der Waals surface area (Å²) in [7, 11) is 5.62. The fraction of sp³-hybridized carbons (Fsp3) is 0.727. The third-order valence-corrected chi connectivity index (χ3v) is 1.97. The van der Waals surface area contributed by atoms with Crippen LogP contribution in [0.2, 0.25) is 0 Å². The molecule has 0 aliphatic rings. The van der Waals surface area contributed by atoms with Crippen LogP contribution in [0.4, 0.5) is 0 Å². The Bertz CT molecular complexity index is 215. The van der Waals surface area contributed by atoms with Crippen molar-refractivity contribution in [2.45, 2.75) is 13.3 Å². The summed E-state index contributed by atoms with van der Waals surface area (Å²) in [4.78, 5) is 15.4. The van der Waals surface area contributed by atoms with E-state index in [9.17, 15) is 4.79 Å². The lowest BCUT2D eigenvalue weighted by atomic mass is 10.3. The lowest BCUT2D eigenvalue weighted by molar-refractivity contribution is -0.131. The summed E-state index contributed by atoms with van der Waals surface area (Å²) in [5.41, 5.74) is 0.553. The molecule has 0 rings (SSSR count). The molecule has 0 spiro atoms. The summed E-state index contributed by atoms with van der Waals surface area (Å²) in [6.07, 6.45) is 0.940. The van der Waals surface area contributed by atoms with Gasteiger partial charge in [-0.2, -0.15) is 0 Å². The minimum atomic E-state index is -0.0318. The molecule has 0 aliphatic heterocycles. The van der Waals surface area contributed by atoms with Gasteiger partial charge in [-0.25, -0.2) is 0 Å². The van der Waals surface area contributed by atoms with Gasteiger partial charge in [0.05, 0.1) is 0 Å². The van der Waals surface area contributed by atoms with Gasteiger partial charge in [-0.3, -0.25) is 4.79 Å². The summed E-state index contributed by atoms with van der Waals surface area (Å²) in [5.74, 6) is -0.0318. The van der Waals surface area contributed by atoms with Crippen molar-refractivity contribution in [1.82, 2.24) is 9.80 Å². The van der Waals surface area contributed by atoms with Crippen LogP contribution in [0.1, 0.15) is 13.3 Å². The molecule has 0 bridgehead atoms. The quantitative estimate of drug-likeness (QED) is 0.467. The fourth-order valence-corrected chi connectivity index (χ4v) is 1.23. The third-order valence-electron chi connectivity index (χ3n) is 1.97. The Morgan fingerprint density at radius 2 is 1.93 bits per heavy atom. The summed E-state index contributed by atoms with van der Waals surface area (Å²) in [5, 5.41) is 0. The predicted molar refractivity (Wildman–Crippen MR) is 61.6 cm³/mol. The Kier molecular flexibility index (Phi) is 6.99. The number of methoxy groups -OCH3 is 1. The number of nitrogens with zero attached hydrogens (tertiary/aromatic N) is 2. The number of amides is 1. The highest BCUT2D eigenvalue weighted by Crippen LogP contribution is 2.00. The molecule has 0 aliphatic carbocycles. The molecule has 0 unspecified atom stereocenters. The maximum Gasteiger partial charge on any atom is 0.250 e. The number of carbonyl (C=O) groups is 1. The average Bonchev–Trinajstić information content (AvgIpc) is 2.14. The SMILES string of the molecule is C=C(C)C(=O)N(CCCN(C)C)COC. The van der Waals surface area contributed by atoms with Crippen molar-refractivity contribution in [3.63, 3.8) is 0 Å². The first-order chi connectivity index (χ1) is 6.99. The van der Waals surface area contributed by atoms with Crippen LogP contribution < -0.4 is 0 Å². The molecule has 0 fully saturated rings. The second-order valence-electron chi connectivity index (χ2n) is 3.92. The molecular weight excluding hydrogens is 192 g/mol. The van der Waals surface area contributed by atoms with Crippen molar-refractivity contribution >= 4 is 5.91 Å². The number of ether oxygens (including phenoxy) is 1. The van der Waals surface area contributed by atoms with Gasteiger partial charge < -0.3 is 14.5 Å². The van der Waals surface area contributed by atoms with Gasteiger partial charge in [0, 0.05) is 19.2 Å². The Morgan fingerprint density at radius 1 is 1.33 bits per heavy atom. The minimum Gasteiger partial charge on any atom is -0.364 e. The molecule has 0 heterocycles. The Balaban J connectivity index is 4.04. The average molecular weight is 214 g/mol. The highest BCUT2D eigenvalue weighted by molar-refractivity contribution is 5.92. The van der Waals surface area contributed by atoms with E-state index in [4.69, 9.17) is 4.74 Å². The van der Waals surface area contributed by atoms with E-state index in [0.29, 0.717) is 18.8 Å². The van der Waals surface area contributed by atoms with Gasteiger partial charge in [0.25, 0.3) is 5.91 Å². The zero-order chi connectivity index (χ0) is 11.8. The first-order valence-corrected chi connectivity index (χ1v) is 5.07. The topological polar surface area (TPSA) is 32.8 Å². The lowest BCUT2D eigenvalue weighted by Gasteiger charge is -2.22. The highest BCUT2D eigenvalue weighted by Gasteiger charge is 2.12. The zero-order valence-corrected chi connectivity index (χ0v) is 10.2. The number of carbonyl (C=O) groups excluding carboxylic acids is 1. The van der Waals surface area contributed by atoms with E-state index in [2.05, 4.69) is 11.5 Å². The van der Waals surface area contributed by atoms with E-state index in [-0.39, 0.29) is 5.91 Å². The molecule has 88 valence electrons. The number of rotatable bonds is 7. The van der Waals surface area contributed by atoms with Crippen LogP contribution >= 0.6 is 0 Å². The Morgan fingerprint density at radius 3 is 2.33 bits per heavy atom. The predicted octanol–water partition coefficient (Wildman–Crippen LogP) is 0.947. The molecule has 4 heteroatoms. The van der Waals surface area contributed by atoms with Crippen LogP contribution in [-0.4, -0.2) is 56.7 Å². The van der Waals surface area contributed by atoms with E-state index in [1.54, 1.807) is 18.9 Å². The van der Waals surface area contributed by atoms with Crippen LogP contribution in [0.3, 0.4) is 0 Å². The number of hydrogen-bond donors (Lipinski definition) is 0. The molecular formula is C11H22N2O2. The van der Waals surface area contributed by atoms with Crippen LogP contribution in [-0.2, 0) is 9.53 Å². The van der Waals surface area contributed by atoms with Gasteiger partial charge in [-0.05, 0) is 34.0 Å². The molecule has 0 aromatic heterocycles. The van der Waals surface area contributed by atoms with E-state index >= 15 is 0 Å². The third kappa shape index (κ3) is 6.25. The monoisotopic (exact) mass is 214 g/mol. The molecule has 0 saturated carbocycles. The largest absolute Gasteiger partial charge is 0.364 e. The van der Waals surface area contributed by atoms with Crippen molar-refractivity contribution in [3.8, 4) is 0 Å². The molecule has 0 N–H and O–H groups in total. The van der Waals surface area contributed by atoms with E-state index in [1.807, 2.05) is 14.1 Å². The zero-order valence-electron chi connectivity index (χ0n) is 10.2. The number of hydrogen-bond acceptors (Lipinski definition) is 3. The van der Waals surface area contributed by atoms with Crippen LogP contribution in [0.25, 0.3) is 0 Å². The molecule has 15 heavy (non-hydrogen) atoms. The van der Waals surface area contributed by atoms with Gasteiger partial charge in [-0.15, -0.1) is 0 Å². The van der Waals surface area contributed by atoms with E-state index < -0.39 is 0 Å². The second-order valence-corrected chi connectivity index (χ2v) is 3.92. The molecule has 1 amide bonds. The minimum absolute atomic E-state index is 0.0318. The maximum absolute atomic E-state index is 11.6. The fourth-order valence-electron chi connectivity index (χ4n) is 1.23. The van der Waals surface area contributed by atoms with Gasteiger partial charge in [0.2, 0.25) is 0 Å². The van der Waals surface area contributed by atoms with E-state index in [1.165, 1.54) is 0 Å². The summed E-state index contributed by atoms with van der Waals surface area (Å²) >= 11 is 0. The molecule has 0 aromatic carbocycles. The smallest absolute Gasteiger partial charge is 0.250 e. The van der Waals surface area contributed by atoms with Crippen molar-refractivity contribution in [2.75, 3.05) is 41.0 Å². The second kappa shape index (κ2) is 7.43. The van der Waals surface area contributed by atoms with Gasteiger partial charge in [0.15, 0.2) is 0 Å². The van der Waals surface area contributed by atoms with Crippen molar-refractivity contribution in [2.24, 2.45) is 0 Å². The summed E-state index contributed by atoms with van der Waals surface area (Å²) in [6, 6.07) is 0. The van der Waals surface area contributed by atoms with Crippen LogP contribution in [0.15, 0.2) is 12.2 Å². The first kappa shape index (κ1) is 14.1. The first-order valence-electron chi connectivity index (χ1n) is 5.07.